The van der Waals surface area contributed by atoms with Gasteiger partial charge in [-0.1, -0.05) is 24.3 Å². The highest BCUT2D eigenvalue weighted by Crippen LogP contribution is 2.28. The lowest BCUT2D eigenvalue weighted by molar-refractivity contribution is 0.584. The third kappa shape index (κ3) is 4.33. The SMILES string of the molecule is Cc1ccc(-c2cc(F)cc(F)c2)cc1N=CCn1ccnc1-c1cccc(F)c1. The molecule has 0 fully saturated rings. The number of halogens is 3. The Bertz CT molecular complexity index is 1210. The van der Waals surface area contributed by atoms with Crippen LogP contribution in [-0.4, -0.2) is 15.8 Å². The molecular formula is C24H18F3N3. The van der Waals surface area contributed by atoms with Crippen molar-refractivity contribution in [2.45, 2.75) is 13.5 Å². The molecule has 1 heterocycles. The first-order chi connectivity index (χ1) is 14.5. The minimum atomic E-state index is -0.624. The number of aryl methyl sites for hydroxylation is 1. The van der Waals surface area contributed by atoms with E-state index in [0.717, 1.165) is 11.6 Å². The van der Waals surface area contributed by atoms with E-state index in [-0.39, 0.29) is 5.82 Å². The highest BCUT2D eigenvalue weighted by Gasteiger charge is 2.07. The van der Waals surface area contributed by atoms with Gasteiger partial charge in [0, 0.05) is 30.2 Å². The van der Waals surface area contributed by atoms with E-state index in [1.54, 1.807) is 42.9 Å². The first kappa shape index (κ1) is 19.6. The van der Waals surface area contributed by atoms with E-state index in [1.165, 1.54) is 24.3 Å². The Morgan fingerprint density at radius 2 is 1.63 bits per heavy atom. The van der Waals surface area contributed by atoms with Crippen molar-refractivity contribution in [3.63, 3.8) is 0 Å². The van der Waals surface area contributed by atoms with Crippen molar-refractivity contribution in [3.8, 4) is 22.5 Å². The van der Waals surface area contributed by atoms with Gasteiger partial charge in [-0.3, -0.25) is 4.99 Å². The minimum absolute atomic E-state index is 0.322. The van der Waals surface area contributed by atoms with Crippen molar-refractivity contribution < 1.29 is 13.2 Å². The van der Waals surface area contributed by atoms with Gasteiger partial charge < -0.3 is 4.57 Å². The molecule has 6 heteroatoms. The second kappa shape index (κ2) is 8.37. The molecule has 0 atom stereocenters. The highest BCUT2D eigenvalue weighted by molar-refractivity contribution is 5.72. The van der Waals surface area contributed by atoms with Crippen molar-refractivity contribution in [1.82, 2.24) is 9.55 Å². The Kier molecular flexibility index (Phi) is 5.48. The molecule has 3 aromatic carbocycles. The average molecular weight is 405 g/mol. The largest absolute Gasteiger partial charge is 0.326 e. The summed E-state index contributed by atoms with van der Waals surface area (Å²) < 4.78 is 42.5. The number of nitrogens with zero attached hydrogens (tertiary/aromatic N) is 3. The van der Waals surface area contributed by atoms with Crippen molar-refractivity contribution >= 4 is 11.9 Å². The molecule has 0 N–H and O–H groups in total. The molecule has 0 saturated carbocycles. The van der Waals surface area contributed by atoms with Crippen LogP contribution in [-0.2, 0) is 6.54 Å². The number of hydrogen-bond acceptors (Lipinski definition) is 2. The van der Waals surface area contributed by atoms with Crippen LogP contribution in [0.2, 0.25) is 0 Å². The van der Waals surface area contributed by atoms with Crippen LogP contribution in [0.4, 0.5) is 18.9 Å². The Morgan fingerprint density at radius 1 is 0.867 bits per heavy atom. The normalized spacial score (nSPS) is 11.3. The van der Waals surface area contributed by atoms with Crippen LogP contribution in [0.15, 0.2) is 78.0 Å². The monoisotopic (exact) mass is 405 g/mol. The maximum Gasteiger partial charge on any atom is 0.140 e. The van der Waals surface area contributed by atoms with Gasteiger partial charge in [0.2, 0.25) is 0 Å². The maximum absolute atomic E-state index is 13.6. The number of aliphatic imine (C=N–C) groups is 1. The number of rotatable bonds is 5. The summed E-state index contributed by atoms with van der Waals surface area (Å²) in [7, 11) is 0. The summed E-state index contributed by atoms with van der Waals surface area (Å²) in [5.41, 5.74) is 3.44. The molecule has 150 valence electrons. The number of imidazole rings is 1. The smallest absolute Gasteiger partial charge is 0.140 e. The molecule has 0 amide bonds. The summed E-state index contributed by atoms with van der Waals surface area (Å²) in [5.74, 6) is -0.931. The molecule has 0 aliphatic carbocycles. The molecule has 0 unspecified atom stereocenters. The maximum atomic E-state index is 13.6. The molecule has 0 spiro atoms. The Labute approximate surface area is 172 Å². The Hall–Kier alpha value is -3.67. The fourth-order valence-corrected chi connectivity index (χ4v) is 3.22. The van der Waals surface area contributed by atoms with Gasteiger partial charge in [-0.05, 0) is 53.9 Å². The molecule has 30 heavy (non-hydrogen) atoms. The van der Waals surface area contributed by atoms with Crippen LogP contribution in [0.25, 0.3) is 22.5 Å². The van der Waals surface area contributed by atoms with Crippen LogP contribution in [0.3, 0.4) is 0 Å². The first-order valence-electron chi connectivity index (χ1n) is 9.36. The van der Waals surface area contributed by atoms with E-state index >= 15 is 0 Å². The molecule has 0 bridgehead atoms. The van der Waals surface area contributed by atoms with Crippen LogP contribution >= 0.6 is 0 Å². The first-order valence-corrected chi connectivity index (χ1v) is 9.36. The summed E-state index contributed by atoms with van der Waals surface area (Å²) in [6, 6.07) is 15.1. The molecule has 0 aliphatic heterocycles. The van der Waals surface area contributed by atoms with Gasteiger partial charge in [0.15, 0.2) is 0 Å². The van der Waals surface area contributed by atoms with Crippen LogP contribution < -0.4 is 0 Å². The van der Waals surface area contributed by atoms with Crippen molar-refractivity contribution in [3.05, 3.63) is 96.1 Å². The molecule has 4 rings (SSSR count). The van der Waals surface area contributed by atoms with E-state index < -0.39 is 11.6 Å². The quantitative estimate of drug-likeness (QED) is 0.356. The predicted octanol–water partition coefficient (Wildman–Crippen LogP) is 6.35. The predicted molar refractivity (Wildman–Crippen MR) is 112 cm³/mol. The molecule has 0 aliphatic rings. The number of aromatic nitrogens is 2. The van der Waals surface area contributed by atoms with Gasteiger partial charge in [0.05, 0.1) is 12.2 Å². The fraction of sp³-hybridized carbons (Fsp3) is 0.0833. The number of benzene rings is 3. The van der Waals surface area contributed by atoms with E-state index in [0.29, 0.717) is 34.7 Å². The molecule has 3 nitrogen and oxygen atoms in total. The second-order valence-electron chi connectivity index (χ2n) is 6.88. The Balaban J connectivity index is 1.58. The molecule has 0 radical (unpaired) electrons. The highest BCUT2D eigenvalue weighted by atomic mass is 19.1. The summed E-state index contributed by atoms with van der Waals surface area (Å²) in [6.07, 6.45) is 5.17. The van der Waals surface area contributed by atoms with Crippen molar-refractivity contribution in [2.75, 3.05) is 0 Å². The molecular weight excluding hydrogens is 387 g/mol. The summed E-state index contributed by atoms with van der Waals surface area (Å²) >= 11 is 0. The van der Waals surface area contributed by atoms with Crippen molar-refractivity contribution in [2.24, 2.45) is 4.99 Å². The lowest BCUT2D eigenvalue weighted by Crippen LogP contribution is -2.00. The number of hydrogen-bond donors (Lipinski definition) is 0. The second-order valence-corrected chi connectivity index (χ2v) is 6.88. The van der Waals surface area contributed by atoms with Crippen molar-refractivity contribution in [1.29, 1.82) is 0 Å². The zero-order valence-electron chi connectivity index (χ0n) is 16.2. The lowest BCUT2D eigenvalue weighted by atomic mass is 10.0. The van der Waals surface area contributed by atoms with E-state index in [9.17, 15) is 13.2 Å². The van der Waals surface area contributed by atoms with E-state index in [1.807, 2.05) is 17.6 Å². The van der Waals surface area contributed by atoms with Crippen LogP contribution in [0.5, 0.6) is 0 Å². The minimum Gasteiger partial charge on any atom is -0.326 e. The van der Waals surface area contributed by atoms with E-state index in [4.69, 9.17) is 0 Å². The summed E-state index contributed by atoms with van der Waals surface area (Å²) in [4.78, 5) is 8.83. The summed E-state index contributed by atoms with van der Waals surface area (Å²) in [6.45, 7) is 2.35. The fourth-order valence-electron chi connectivity index (χ4n) is 3.22. The van der Waals surface area contributed by atoms with Crippen LogP contribution in [0, 0.1) is 24.4 Å². The zero-order valence-corrected chi connectivity index (χ0v) is 16.2. The third-order valence-corrected chi connectivity index (χ3v) is 4.71. The third-order valence-electron chi connectivity index (χ3n) is 4.71. The van der Waals surface area contributed by atoms with Gasteiger partial charge in [-0.2, -0.15) is 0 Å². The zero-order chi connectivity index (χ0) is 21.1. The Morgan fingerprint density at radius 3 is 2.40 bits per heavy atom. The standard InChI is InChI=1S/C24H18F3N3/c1-16-5-6-17(19-12-21(26)15-22(27)13-19)14-23(16)28-7-9-30-10-8-29-24(30)18-3-2-4-20(25)11-18/h2-8,10-15H,9H2,1H3. The molecule has 1 aromatic heterocycles. The van der Waals surface area contributed by atoms with Crippen LogP contribution in [0.1, 0.15) is 5.56 Å². The lowest BCUT2D eigenvalue weighted by Gasteiger charge is -2.07. The van der Waals surface area contributed by atoms with Gasteiger partial charge in [0.1, 0.15) is 23.3 Å². The van der Waals surface area contributed by atoms with Gasteiger partial charge >= 0.3 is 0 Å². The van der Waals surface area contributed by atoms with Gasteiger partial charge in [-0.25, -0.2) is 18.2 Å². The molecule has 0 saturated heterocycles. The topological polar surface area (TPSA) is 30.2 Å². The van der Waals surface area contributed by atoms with Gasteiger partial charge in [-0.15, -0.1) is 0 Å². The van der Waals surface area contributed by atoms with E-state index in [2.05, 4.69) is 9.98 Å². The average Bonchev–Trinajstić information content (AvgIpc) is 3.17. The molecule has 4 aromatic rings. The summed E-state index contributed by atoms with van der Waals surface area (Å²) in [5, 5.41) is 0. The van der Waals surface area contributed by atoms with Gasteiger partial charge in [0.25, 0.3) is 0 Å².